The zero-order valence-electron chi connectivity index (χ0n) is 11.0. The Bertz CT molecular complexity index is 563. The van der Waals surface area contributed by atoms with Crippen molar-refractivity contribution in [1.82, 2.24) is 4.90 Å². The van der Waals surface area contributed by atoms with E-state index in [2.05, 4.69) is 15.9 Å². The number of carbonyl (C=O) groups is 2. The number of rotatable bonds is 3. The summed E-state index contributed by atoms with van der Waals surface area (Å²) >= 11 is 3.08. The first kappa shape index (κ1) is 15.0. The molecule has 20 heavy (non-hydrogen) atoms. The van der Waals surface area contributed by atoms with Crippen molar-refractivity contribution in [3.63, 3.8) is 0 Å². The Labute approximate surface area is 124 Å². The van der Waals surface area contributed by atoms with Gasteiger partial charge < -0.3 is 10.0 Å². The van der Waals surface area contributed by atoms with Gasteiger partial charge in [0, 0.05) is 13.1 Å². The summed E-state index contributed by atoms with van der Waals surface area (Å²) in [7, 11) is 0. The molecule has 1 fully saturated rings. The highest BCUT2D eigenvalue weighted by Gasteiger charge is 2.41. The SMILES string of the molecule is CC1(C(=O)O)CCN(C(=O)Cc2ccc(F)c(Br)c2)C1. The summed E-state index contributed by atoms with van der Waals surface area (Å²) in [5.74, 6) is -1.38. The third kappa shape index (κ3) is 3.00. The number of carboxylic acid groups (broad SMARTS) is 1. The lowest BCUT2D eigenvalue weighted by molar-refractivity contribution is -0.147. The monoisotopic (exact) mass is 343 g/mol. The van der Waals surface area contributed by atoms with Crippen molar-refractivity contribution in [2.75, 3.05) is 13.1 Å². The lowest BCUT2D eigenvalue weighted by Gasteiger charge is -2.20. The average molecular weight is 344 g/mol. The summed E-state index contributed by atoms with van der Waals surface area (Å²) < 4.78 is 13.4. The molecule has 6 heteroatoms. The van der Waals surface area contributed by atoms with E-state index in [1.807, 2.05) is 0 Å². The summed E-state index contributed by atoms with van der Waals surface area (Å²) in [5.41, 5.74) is -0.161. The van der Waals surface area contributed by atoms with E-state index in [9.17, 15) is 14.0 Å². The molecule has 0 radical (unpaired) electrons. The van der Waals surface area contributed by atoms with Crippen LogP contribution in [0.4, 0.5) is 4.39 Å². The summed E-state index contributed by atoms with van der Waals surface area (Å²) in [6, 6.07) is 4.43. The molecule has 1 N–H and O–H groups in total. The van der Waals surface area contributed by atoms with Crippen molar-refractivity contribution in [2.45, 2.75) is 19.8 Å². The van der Waals surface area contributed by atoms with Crippen LogP contribution in [-0.4, -0.2) is 35.0 Å². The molecule has 0 saturated carbocycles. The van der Waals surface area contributed by atoms with Crippen LogP contribution in [0, 0.1) is 11.2 Å². The molecule has 1 aliphatic rings. The second-order valence-corrected chi connectivity index (χ2v) is 6.21. The fourth-order valence-electron chi connectivity index (χ4n) is 2.28. The Balaban J connectivity index is 2.03. The summed E-state index contributed by atoms with van der Waals surface area (Å²) in [4.78, 5) is 24.9. The number of amides is 1. The lowest BCUT2D eigenvalue weighted by Crippen LogP contribution is -2.35. The van der Waals surface area contributed by atoms with Crippen LogP contribution in [0.3, 0.4) is 0 Å². The Morgan fingerprint density at radius 1 is 1.50 bits per heavy atom. The van der Waals surface area contributed by atoms with E-state index in [0.29, 0.717) is 23.0 Å². The maximum atomic E-state index is 13.1. The largest absolute Gasteiger partial charge is 0.481 e. The molecule has 108 valence electrons. The van der Waals surface area contributed by atoms with Crippen LogP contribution in [-0.2, 0) is 16.0 Å². The first-order valence-electron chi connectivity index (χ1n) is 6.27. The number of carbonyl (C=O) groups excluding carboxylic acids is 1. The minimum atomic E-state index is -0.877. The highest BCUT2D eigenvalue weighted by atomic mass is 79.9. The van der Waals surface area contributed by atoms with Crippen LogP contribution in [0.15, 0.2) is 22.7 Å². The first-order valence-corrected chi connectivity index (χ1v) is 7.06. The fraction of sp³-hybridized carbons (Fsp3) is 0.429. The third-order valence-electron chi connectivity index (χ3n) is 3.68. The van der Waals surface area contributed by atoms with Gasteiger partial charge in [-0.1, -0.05) is 6.07 Å². The van der Waals surface area contributed by atoms with Gasteiger partial charge in [-0.3, -0.25) is 9.59 Å². The van der Waals surface area contributed by atoms with Crippen LogP contribution < -0.4 is 0 Å². The van der Waals surface area contributed by atoms with Gasteiger partial charge in [0.05, 0.1) is 16.3 Å². The van der Waals surface area contributed by atoms with Crippen molar-refractivity contribution in [3.05, 3.63) is 34.1 Å². The van der Waals surface area contributed by atoms with E-state index in [-0.39, 0.29) is 24.7 Å². The van der Waals surface area contributed by atoms with Gasteiger partial charge in [-0.2, -0.15) is 0 Å². The Morgan fingerprint density at radius 2 is 2.20 bits per heavy atom. The molecule has 0 aromatic heterocycles. The molecule has 2 rings (SSSR count). The van der Waals surface area contributed by atoms with Crippen molar-refractivity contribution in [1.29, 1.82) is 0 Å². The Hall–Kier alpha value is -1.43. The molecule has 0 bridgehead atoms. The predicted octanol–water partition coefficient (Wildman–Crippen LogP) is 2.45. The maximum absolute atomic E-state index is 13.1. The van der Waals surface area contributed by atoms with E-state index >= 15 is 0 Å². The summed E-state index contributed by atoms with van der Waals surface area (Å²) in [6.45, 7) is 2.32. The van der Waals surface area contributed by atoms with Crippen molar-refractivity contribution in [3.8, 4) is 0 Å². The van der Waals surface area contributed by atoms with E-state index in [1.54, 1.807) is 24.0 Å². The van der Waals surface area contributed by atoms with Gasteiger partial charge in [-0.25, -0.2) is 4.39 Å². The van der Waals surface area contributed by atoms with E-state index in [1.165, 1.54) is 6.07 Å². The number of hydrogen-bond acceptors (Lipinski definition) is 2. The number of nitrogens with zero attached hydrogens (tertiary/aromatic N) is 1. The highest BCUT2D eigenvalue weighted by molar-refractivity contribution is 9.10. The number of hydrogen-bond donors (Lipinski definition) is 1. The molecule has 1 aromatic carbocycles. The first-order chi connectivity index (χ1) is 9.32. The molecule has 1 aromatic rings. The minimum absolute atomic E-state index is 0.131. The molecule has 1 saturated heterocycles. The minimum Gasteiger partial charge on any atom is -0.481 e. The highest BCUT2D eigenvalue weighted by Crippen LogP contribution is 2.30. The molecular formula is C14H15BrFNO3. The summed E-state index contributed by atoms with van der Waals surface area (Å²) in [6.07, 6.45) is 0.607. The van der Waals surface area contributed by atoms with Gasteiger partial charge in [-0.05, 0) is 47.0 Å². The van der Waals surface area contributed by atoms with Gasteiger partial charge in [0.2, 0.25) is 5.91 Å². The van der Waals surface area contributed by atoms with Gasteiger partial charge >= 0.3 is 5.97 Å². The van der Waals surface area contributed by atoms with E-state index in [4.69, 9.17) is 5.11 Å². The maximum Gasteiger partial charge on any atom is 0.311 e. The topological polar surface area (TPSA) is 57.6 Å². The van der Waals surface area contributed by atoms with Gasteiger partial charge in [-0.15, -0.1) is 0 Å². The Kier molecular flexibility index (Phi) is 4.13. The van der Waals surface area contributed by atoms with Crippen LogP contribution in [0.1, 0.15) is 18.9 Å². The van der Waals surface area contributed by atoms with Gasteiger partial charge in [0.15, 0.2) is 0 Å². The van der Waals surface area contributed by atoms with Crippen molar-refractivity contribution < 1.29 is 19.1 Å². The average Bonchev–Trinajstić information content (AvgIpc) is 2.78. The second-order valence-electron chi connectivity index (χ2n) is 5.36. The molecule has 1 heterocycles. The fourth-order valence-corrected chi connectivity index (χ4v) is 2.71. The van der Waals surface area contributed by atoms with E-state index in [0.717, 1.165) is 0 Å². The quantitative estimate of drug-likeness (QED) is 0.916. The van der Waals surface area contributed by atoms with Gasteiger partial charge in [0.1, 0.15) is 5.82 Å². The van der Waals surface area contributed by atoms with Crippen LogP contribution >= 0.6 is 15.9 Å². The van der Waals surface area contributed by atoms with Gasteiger partial charge in [0.25, 0.3) is 0 Å². The zero-order chi connectivity index (χ0) is 14.9. The molecule has 0 spiro atoms. The van der Waals surface area contributed by atoms with Crippen molar-refractivity contribution >= 4 is 27.8 Å². The van der Waals surface area contributed by atoms with E-state index < -0.39 is 11.4 Å². The molecule has 4 nitrogen and oxygen atoms in total. The number of likely N-dealkylation sites (tertiary alicyclic amines) is 1. The lowest BCUT2D eigenvalue weighted by atomic mass is 9.90. The van der Waals surface area contributed by atoms with Crippen LogP contribution in [0.2, 0.25) is 0 Å². The molecular weight excluding hydrogens is 329 g/mol. The molecule has 0 aliphatic carbocycles. The number of carboxylic acids is 1. The second kappa shape index (κ2) is 5.52. The standard InChI is InChI=1S/C14H15BrFNO3/c1-14(13(19)20)4-5-17(8-14)12(18)7-9-2-3-11(16)10(15)6-9/h2-3,6H,4-5,7-8H2,1H3,(H,19,20). The predicted molar refractivity (Wildman–Crippen MR) is 74.7 cm³/mol. The van der Waals surface area contributed by atoms with Crippen LogP contribution in [0.25, 0.3) is 0 Å². The van der Waals surface area contributed by atoms with Crippen molar-refractivity contribution in [2.24, 2.45) is 5.41 Å². The summed E-state index contributed by atoms with van der Waals surface area (Å²) in [5, 5.41) is 9.14. The Morgan fingerprint density at radius 3 is 2.75 bits per heavy atom. The molecule has 1 unspecified atom stereocenters. The smallest absolute Gasteiger partial charge is 0.311 e. The molecule has 1 amide bonds. The number of benzene rings is 1. The number of halogens is 2. The third-order valence-corrected chi connectivity index (χ3v) is 4.29. The normalized spacial score (nSPS) is 22.1. The molecule has 1 aliphatic heterocycles. The zero-order valence-corrected chi connectivity index (χ0v) is 12.6. The molecule has 1 atom stereocenters. The number of aliphatic carboxylic acids is 1. The van der Waals surface area contributed by atoms with Crippen LogP contribution in [0.5, 0.6) is 0 Å².